The Balaban J connectivity index is 5.20. The zero-order valence-corrected chi connectivity index (χ0v) is 69.3. The normalized spacial score (nSPS) is 13.8. The van der Waals surface area contributed by atoms with Crippen LogP contribution in [0.2, 0.25) is 0 Å². The molecule has 0 rings (SSSR count). The van der Waals surface area contributed by atoms with Crippen LogP contribution in [0, 0.1) is 5.92 Å². The molecule has 0 fully saturated rings. The van der Waals surface area contributed by atoms with Crippen LogP contribution in [0.25, 0.3) is 0 Å². The van der Waals surface area contributed by atoms with E-state index in [-0.39, 0.29) is 25.7 Å². The lowest BCUT2D eigenvalue weighted by Gasteiger charge is -2.21. The van der Waals surface area contributed by atoms with E-state index in [1.807, 2.05) is 0 Å². The predicted octanol–water partition coefficient (Wildman–Crippen LogP) is 25.6. The average Bonchev–Trinajstić information content (AvgIpc) is 0.906. The number of aliphatic hydroxyl groups excluding tert-OH is 1. The monoisotopic (exact) mass is 1510 g/mol. The first-order valence-corrected chi connectivity index (χ1v) is 46.6. The molecule has 103 heavy (non-hydrogen) atoms. The summed E-state index contributed by atoms with van der Waals surface area (Å²) < 4.78 is 68.8. The highest BCUT2D eigenvalue weighted by Gasteiger charge is 2.30. The maximum absolute atomic E-state index is 13.1. The minimum Gasteiger partial charge on any atom is -0.462 e. The van der Waals surface area contributed by atoms with Crippen molar-refractivity contribution in [1.82, 2.24) is 0 Å². The Kier molecular flexibility index (Phi) is 75.4. The number of ether oxygens (including phenoxy) is 4. The van der Waals surface area contributed by atoms with Crippen molar-refractivity contribution in [2.75, 3.05) is 39.6 Å². The Morgan fingerprint density at radius 1 is 0.262 bits per heavy atom. The van der Waals surface area contributed by atoms with Gasteiger partial charge >= 0.3 is 39.5 Å². The first-order valence-electron chi connectivity index (χ1n) is 43.6. The fourth-order valence-electron chi connectivity index (χ4n) is 13.1. The van der Waals surface area contributed by atoms with Crippen molar-refractivity contribution in [2.24, 2.45) is 5.92 Å². The first kappa shape index (κ1) is 101. The number of esters is 4. The molecular weight excluding hydrogens is 1340 g/mol. The minimum absolute atomic E-state index is 0.109. The Morgan fingerprint density at radius 3 is 0.660 bits per heavy atom. The Labute approximate surface area is 632 Å². The average molecular weight is 1510 g/mol. The van der Waals surface area contributed by atoms with Gasteiger partial charge in [-0.1, -0.05) is 401 Å². The highest BCUT2D eigenvalue weighted by molar-refractivity contribution is 7.47. The number of hydrogen-bond acceptors (Lipinski definition) is 15. The number of phosphoric acid groups is 2. The smallest absolute Gasteiger partial charge is 0.462 e. The van der Waals surface area contributed by atoms with Crippen molar-refractivity contribution in [3.8, 4) is 0 Å². The van der Waals surface area contributed by atoms with Gasteiger partial charge < -0.3 is 33.8 Å². The summed E-state index contributed by atoms with van der Waals surface area (Å²) in [5.41, 5.74) is 0. The second kappa shape index (κ2) is 76.8. The molecule has 0 bridgehead atoms. The zero-order valence-electron chi connectivity index (χ0n) is 67.5. The van der Waals surface area contributed by atoms with E-state index in [4.69, 9.17) is 37.0 Å². The summed E-state index contributed by atoms with van der Waals surface area (Å²) in [7, 11) is -9.92. The number of phosphoric ester groups is 2. The molecule has 2 unspecified atom stereocenters. The number of carbonyl (C=O) groups excluding carboxylic acids is 4. The number of rotatable bonds is 84. The summed E-state index contributed by atoms with van der Waals surface area (Å²) in [5.74, 6) is -1.28. The molecule has 0 aliphatic rings. The third-order valence-electron chi connectivity index (χ3n) is 19.8. The molecule has 0 aromatic heterocycles. The van der Waals surface area contributed by atoms with Gasteiger partial charge in [-0.2, -0.15) is 0 Å². The quantitative estimate of drug-likeness (QED) is 0.0222. The second-order valence-corrected chi connectivity index (χ2v) is 33.6. The zero-order chi connectivity index (χ0) is 75.5. The molecule has 5 atom stereocenters. The lowest BCUT2D eigenvalue weighted by molar-refractivity contribution is -0.161. The molecule has 612 valence electrons. The van der Waals surface area contributed by atoms with Gasteiger partial charge in [-0.25, -0.2) is 9.13 Å². The van der Waals surface area contributed by atoms with Crippen LogP contribution in [0.5, 0.6) is 0 Å². The third kappa shape index (κ3) is 78.0. The van der Waals surface area contributed by atoms with Crippen molar-refractivity contribution in [1.29, 1.82) is 0 Å². The van der Waals surface area contributed by atoms with Crippen LogP contribution in [0.4, 0.5) is 0 Å². The van der Waals surface area contributed by atoms with Crippen molar-refractivity contribution >= 4 is 39.5 Å². The summed E-state index contributed by atoms with van der Waals surface area (Å²) in [6.45, 7) is 7.38. The van der Waals surface area contributed by atoms with Crippen LogP contribution in [0.15, 0.2) is 0 Å². The molecule has 17 nitrogen and oxygen atoms in total. The summed E-state index contributed by atoms with van der Waals surface area (Å²) in [6, 6.07) is 0. The summed E-state index contributed by atoms with van der Waals surface area (Å²) >= 11 is 0. The van der Waals surface area contributed by atoms with Gasteiger partial charge in [-0.05, 0) is 31.6 Å². The van der Waals surface area contributed by atoms with E-state index >= 15 is 0 Å². The number of carbonyl (C=O) groups is 4. The molecule has 0 aliphatic carbocycles. The minimum atomic E-state index is -4.96. The van der Waals surface area contributed by atoms with Gasteiger partial charge in [-0.3, -0.25) is 37.3 Å². The predicted molar refractivity (Wildman–Crippen MR) is 423 cm³/mol. The molecule has 0 amide bonds. The molecule has 0 saturated carbocycles. The van der Waals surface area contributed by atoms with E-state index in [0.29, 0.717) is 25.7 Å². The number of unbranched alkanes of at least 4 members (excludes halogenated alkanes) is 56. The van der Waals surface area contributed by atoms with E-state index in [2.05, 4.69) is 34.6 Å². The van der Waals surface area contributed by atoms with Crippen LogP contribution in [-0.2, 0) is 65.4 Å². The van der Waals surface area contributed by atoms with E-state index < -0.39 is 97.5 Å². The highest BCUT2D eigenvalue weighted by atomic mass is 31.2. The molecule has 0 saturated heterocycles. The van der Waals surface area contributed by atoms with Crippen molar-refractivity contribution < 1.29 is 80.2 Å². The SMILES string of the molecule is CCCCCCCCCCCCCCCCCCCCC(=O)OC[C@H](COP(=O)(O)OC[C@@H](O)COP(=O)(O)OC[C@@H](COC(=O)CCCCCCCCCCC)OC(=O)CCCCCCCCCCCCCCCCC)OC(=O)CCCCCCCCCCCCCCCCCCCCC(C)C. The molecule has 0 aromatic rings. The largest absolute Gasteiger partial charge is 0.472 e. The Bertz CT molecular complexity index is 1960. The molecular formula is C84H164O17P2. The maximum atomic E-state index is 13.1. The molecule has 19 heteroatoms. The van der Waals surface area contributed by atoms with Gasteiger partial charge in [0.15, 0.2) is 12.2 Å². The molecule has 0 aliphatic heterocycles. The van der Waals surface area contributed by atoms with Crippen LogP contribution in [-0.4, -0.2) is 96.7 Å². The van der Waals surface area contributed by atoms with Crippen molar-refractivity contribution in [3.63, 3.8) is 0 Å². The highest BCUT2D eigenvalue weighted by Crippen LogP contribution is 2.45. The third-order valence-corrected chi connectivity index (χ3v) is 21.7. The summed E-state index contributed by atoms with van der Waals surface area (Å²) in [4.78, 5) is 73.1. The lowest BCUT2D eigenvalue weighted by atomic mass is 10.0. The molecule has 3 N–H and O–H groups in total. The van der Waals surface area contributed by atoms with Crippen molar-refractivity contribution in [3.05, 3.63) is 0 Å². The first-order chi connectivity index (χ1) is 50.0. The fraction of sp³-hybridized carbons (Fsp3) is 0.952. The van der Waals surface area contributed by atoms with Gasteiger partial charge in [0.05, 0.1) is 26.4 Å². The van der Waals surface area contributed by atoms with Gasteiger partial charge in [0, 0.05) is 25.7 Å². The van der Waals surface area contributed by atoms with E-state index in [1.165, 1.54) is 276 Å². The molecule has 0 aromatic carbocycles. The molecule has 0 heterocycles. The fourth-order valence-corrected chi connectivity index (χ4v) is 14.7. The molecule has 0 radical (unpaired) electrons. The van der Waals surface area contributed by atoms with Crippen LogP contribution >= 0.6 is 15.6 Å². The lowest BCUT2D eigenvalue weighted by Crippen LogP contribution is -2.30. The van der Waals surface area contributed by atoms with Crippen LogP contribution in [0.1, 0.15) is 452 Å². The second-order valence-electron chi connectivity index (χ2n) is 30.7. The Hall–Kier alpha value is -1.94. The van der Waals surface area contributed by atoms with Gasteiger partial charge in [0.1, 0.15) is 19.3 Å². The van der Waals surface area contributed by atoms with Gasteiger partial charge in [0.25, 0.3) is 0 Å². The standard InChI is InChI=1S/C84H164O17P2/c1-6-9-12-15-18-21-23-25-27-28-32-36-39-43-48-53-58-63-68-82(87)95-74-80(101-84(89)70-65-60-55-50-45-41-37-33-30-29-31-35-38-42-47-51-56-61-66-77(4)5)76-99-103(92,93)97-72-78(85)71-96-102(90,91)98-75-79(73-94-81(86)67-62-57-52-46-20-17-14-11-8-3)100-83(88)69-64-59-54-49-44-40-34-26-24-22-19-16-13-10-7-2/h77-80,85H,6-76H2,1-5H3,(H,90,91)(H,92,93)/t78-,79+,80+/m0/s1. The van der Waals surface area contributed by atoms with E-state index in [9.17, 15) is 43.2 Å². The van der Waals surface area contributed by atoms with E-state index in [1.54, 1.807) is 0 Å². The van der Waals surface area contributed by atoms with Gasteiger partial charge in [0.2, 0.25) is 0 Å². The molecule has 0 spiro atoms. The maximum Gasteiger partial charge on any atom is 0.472 e. The number of hydrogen-bond donors (Lipinski definition) is 3. The van der Waals surface area contributed by atoms with Crippen LogP contribution in [0.3, 0.4) is 0 Å². The van der Waals surface area contributed by atoms with Crippen LogP contribution < -0.4 is 0 Å². The summed E-state index contributed by atoms with van der Waals surface area (Å²) in [5, 5.41) is 10.7. The van der Waals surface area contributed by atoms with Gasteiger partial charge in [-0.15, -0.1) is 0 Å². The Morgan fingerprint density at radius 2 is 0.447 bits per heavy atom. The topological polar surface area (TPSA) is 237 Å². The summed E-state index contributed by atoms with van der Waals surface area (Å²) in [6.07, 6.45) is 69.4. The van der Waals surface area contributed by atoms with Crippen molar-refractivity contribution in [2.45, 2.75) is 470 Å². The number of aliphatic hydroxyl groups is 1. The van der Waals surface area contributed by atoms with E-state index in [0.717, 1.165) is 95.8 Å².